The molecule has 0 amide bonds. The molecule has 1 aromatic carbocycles. The summed E-state index contributed by atoms with van der Waals surface area (Å²) < 4.78 is 23.8. The van der Waals surface area contributed by atoms with Crippen LogP contribution in [0.1, 0.15) is 39.5 Å². The van der Waals surface area contributed by atoms with Crippen molar-refractivity contribution in [1.82, 2.24) is 0 Å². The van der Waals surface area contributed by atoms with Gasteiger partial charge < -0.3 is 5.32 Å². The van der Waals surface area contributed by atoms with Gasteiger partial charge in [-0.15, -0.1) is 0 Å². The fourth-order valence-corrected chi connectivity index (χ4v) is 3.79. The Hall–Kier alpha value is -1.03. The second kappa shape index (κ2) is 5.95. The van der Waals surface area contributed by atoms with Gasteiger partial charge in [0.15, 0.2) is 9.84 Å². The second-order valence-electron chi connectivity index (χ2n) is 5.47. The summed E-state index contributed by atoms with van der Waals surface area (Å²) >= 11 is 0. The first-order chi connectivity index (χ1) is 9.03. The largest absolute Gasteiger partial charge is 0.382 e. The Balaban J connectivity index is 2.01. The molecule has 0 aliphatic heterocycles. The highest BCUT2D eigenvalue weighted by atomic mass is 32.2. The third-order valence-corrected chi connectivity index (χ3v) is 5.87. The zero-order valence-corrected chi connectivity index (χ0v) is 12.5. The third-order valence-electron chi connectivity index (χ3n) is 3.94. The van der Waals surface area contributed by atoms with Gasteiger partial charge in [-0.3, -0.25) is 0 Å². The highest BCUT2D eigenvalue weighted by Gasteiger charge is 2.23. The average molecular weight is 281 g/mol. The first-order valence-electron chi connectivity index (χ1n) is 7.12. The van der Waals surface area contributed by atoms with E-state index in [-0.39, 0.29) is 5.75 Å². The SMILES string of the molecule is CCCS(=O)(=O)c1ccc(NC(C)C2CCC2)cc1. The lowest BCUT2D eigenvalue weighted by Gasteiger charge is -2.32. The van der Waals surface area contributed by atoms with Gasteiger partial charge >= 0.3 is 0 Å². The van der Waals surface area contributed by atoms with E-state index < -0.39 is 9.84 Å². The van der Waals surface area contributed by atoms with E-state index in [1.807, 2.05) is 19.1 Å². The van der Waals surface area contributed by atoms with Crippen molar-refractivity contribution in [2.45, 2.75) is 50.5 Å². The Kier molecular flexibility index (Phi) is 4.50. The summed E-state index contributed by atoms with van der Waals surface area (Å²) in [6, 6.07) is 7.63. The minimum atomic E-state index is -3.09. The van der Waals surface area contributed by atoms with Gasteiger partial charge in [0, 0.05) is 11.7 Å². The van der Waals surface area contributed by atoms with Gasteiger partial charge in [0.05, 0.1) is 10.6 Å². The van der Waals surface area contributed by atoms with Crippen molar-refractivity contribution in [3.8, 4) is 0 Å². The monoisotopic (exact) mass is 281 g/mol. The standard InChI is InChI=1S/C15H23NO2S/c1-3-11-19(17,18)15-9-7-14(8-10-15)16-12(2)13-5-4-6-13/h7-10,12-13,16H,3-6,11H2,1-2H3. The highest BCUT2D eigenvalue weighted by molar-refractivity contribution is 7.91. The van der Waals surface area contributed by atoms with Crippen molar-refractivity contribution < 1.29 is 8.42 Å². The second-order valence-corrected chi connectivity index (χ2v) is 7.58. The van der Waals surface area contributed by atoms with E-state index in [9.17, 15) is 8.42 Å². The fraction of sp³-hybridized carbons (Fsp3) is 0.600. The molecule has 0 bridgehead atoms. The van der Waals surface area contributed by atoms with Gasteiger partial charge in [0.1, 0.15) is 0 Å². The molecular formula is C15H23NO2S. The topological polar surface area (TPSA) is 46.2 Å². The predicted octanol–water partition coefficient (Wildman–Crippen LogP) is 3.47. The quantitative estimate of drug-likeness (QED) is 0.868. The Morgan fingerprint density at radius 1 is 1.26 bits per heavy atom. The zero-order valence-electron chi connectivity index (χ0n) is 11.7. The predicted molar refractivity (Wildman–Crippen MR) is 79.2 cm³/mol. The van der Waals surface area contributed by atoms with Gasteiger partial charge in [-0.1, -0.05) is 13.3 Å². The molecule has 0 radical (unpaired) electrons. The van der Waals surface area contributed by atoms with Crippen LogP contribution in [0.2, 0.25) is 0 Å². The lowest BCUT2D eigenvalue weighted by Crippen LogP contribution is -2.30. The summed E-state index contributed by atoms with van der Waals surface area (Å²) in [6.45, 7) is 4.08. The third kappa shape index (κ3) is 3.50. The van der Waals surface area contributed by atoms with Gasteiger partial charge in [0.25, 0.3) is 0 Å². The zero-order chi connectivity index (χ0) is 13.9. The fourth-order valence-electron chi connectivity index (χ4n) is 2.47. The number of rotatable bonds is 6. The molecule has 1 aromatic rings. The first kappa shape index (κ1) is 14.4. The Morgan fingerprint density at radius 2 is 1.89 bits per heavy atom. The van der Waals surface area contributed by atoms with Crippen molar-refractivity contribution >= 4 is 15.5 Å². The van der Waals surface area contributed by atoms with Crippen LogP contribution in [0, 0.1) is 5.92 Å². The highest BCUT2D eigenvalue weighted by Crippen LogP contribution is 2.31. The molecule has 3 nitrogen and oxygen atoms in total. The van der Waals surface area contributed by atoms with Crippen LogP contribution in [0.15, 0.2) is 29.2 Å². The Bertz CT molecular complexity index is 503. The summed E-state index contributed by atoms with van der Waals surface area (Å²) in [6.07, 6.45) is 4.60. The number of anilines is 1. The van der Waals surface area contributed by atoms with Crippen LogP contribution in [-0.4, -0.2) is 20.2 Å². The molecule has 1 aliphatic carbocycles. The summed E-state index contributed by atoms with van der Waals surface area (Å²) in [5.41, 5.74) is 1.01. The van der Waals surface area contributed by atoms with E-state index in [1.165, 1.54) is 19.3 Å². The van der Waals surface area contributed by atoms with Crippen LogP contribution < -0.4 is 5.32 Å². The summed E-state index contributed by atoms with van der Waals surface area (Å²) in [7, 11) is -3.09. The summed E-state index contributed by atoms with van der Waals surface area (Å²) in [4.78, 5) is 0.427. The van der Waals surface area contributed by atoms with Crippen molar-refractivity contribution in [2.75, 3.05) is 11.1 Å². The van der Waals surface area contributed by atoms with E-state index in [4.69, 9.17) is 0 Å². The number of benzene rings is 1. The molecule has 4 heteroatoms. The van der Waals surface area contributed by atoms with Crippen LogP contribution >= 0.6 is 0 Å². The van der Waals surface area contributed by atoms with Crippen LogP contribution in [0.5, 0.6) is 0 Å². The van der Waals surface area contributed by atoms with Gasteiger partial charge in [-0.2, -0.15) is 0 Å². The molecule has 0 aromatic heterocycles. The maximum Gasteiger partial charge on any atom is 0.178 e. The molecule has 0 spiro atoms. The van der Waals surface area contributed by atoms with E-state index in [0.717, 1.165) is 11.6 Å². The molecule has 1 atom stereocenters. The van der Waals surface area contributed by atoms with Gasteiger partial charge in [0.2, 0.25) is 0 Å². The normalized spacial score (nSPS) is 17.8. The van der Waals surface area contributed by atoms with E-state index in [0.29, 0.717) is 17.4 Å². The number of hydrogen-bond acceptors (Lipinski definition) is 3. The maximum atomic E-state index is 11.9. The molecular weight excluding hydrogens is 258 g/mol. The summed E-state index contributed by atoms with van der Waals surface area (Å²) in [5, 5.41) is 3.46. The molecule has 106 valence electrons. The molecule has 1 fully saturated rings. The number of sulfone groups is 1. The first-order valence-corrected chi connectivity index (χ1v) is 8.77. The molecule has 1 saturated carbocycles. The van der Waals surface area contributed by atoms with E-state index in [2.05, 4.69) is 12.2 Å². The van der Waals surface area contributed by atoms with Crippen LogP contribution in [0.3, 0.4) is 0 Å². The molecule has 1 unspecified atom stereocenters. The van der Waals surface area contributed by atoms with Crippen molar-refractivity contribution in [1.29, 1.82) is 0 Å². The van der Waals surface area contributed by atoms with E-state index >= 15 is 0 Å². The minimum absolute atomic E-state index is 0.220. The maximum absolute atomic E-state index is 11.9. The van der Waals surface area contributed by atoms with Crippen LogP contribution in [-0.2, 0) is 9.84 Å². The van der Waals surface area contributed by atoms with Crippen molar-refractivity contribution in [2.24, 2.45) is 5.92 Å². The molecule has 19 heavy (non-hydrogen) atoms. The average Bonchev–Trinajstić information content (AvgIpc) is 2.27. The Morgan fingerprint density at radius 3 is 2.37 bits per heavy atom. The molecule has 1 aliphatic rings. The van der Waals surface area contributed by atoms with Crippen LogP contribution in [0.25, 0.3) is 0 Å². The van der Waals surface area contributed by atoms with Crippen molar-refractivity contribution in [3.05, 3.63) is 24.3 Å². The lowest BCUT2D eigenvalue weighted by molar-refractivity contribution is 0.285. The molecule has 0 saturated heterocycles. The Labute approximate surface area is 116 Å². The number of hydrogen-bond donors (Lipinski definition) is 1. The smallest absolute Gasteiger partial charge is 0.178 e. The van der Waals surface area contributed by atoms with Crippen LogP contribution in [0.4, 0.5) is 5.69 Å². The molecule has 2 rings (SSSR count). The number of nitrogens with one attached hydrogen (secondary N) is 1. The van der Waals surface area contributed by atoms with E-state index in [1.54, 1.807) is 12.1 Å². The van der Waals surface area contributed by atoms with Gasteiger partial charge in [-0.25, -0.2) is 8.42 Å². The van der Waals surface area contributed by atoms with Crippen molar-refractivity contribution in [3.63, 3.8) is 0 Å². The summed E-state index contributed by atoms with van der Waals surface area (Å²) in [5.74, 6) is 0.988. The molecule has 0 heterocycles. The molecule has 1 N–H and O–H groups in total. The lowest BCUT2D eigenvalue weighted by atomic mass is 9.80. The van der Waals surface area contributed by atoms with Gasteiger partial charge in [-0.05, 0) is 56.4 Å². The minimum Gasteiger partial charge on any atom is -0.382 e.